The van der Waals surface area contributed by atoms with E-state index in [4.69, 9.17) is 0 Å². The molecule has 0 unspecified atom stereocenters. The second kappa shape index (κ2) is 8.65. The van der Waals surface area contributed by atoms with Crippen LogP contribution in [0.1, 0.15) is 22.8 Å². The van der Waals surface area contributed by atoms with Crippen molar-refractivity contribution in [1.82, 2.24) is 4.90 Å². The summed E-state index contributed by atoms with van der Waals surface area (Å²) in [4.78, 5) is 27.4. The summed E-state index contributed by atoms with van der Waals surface area (Å²) >= 11 is 0. The molecule has 1 N–H and O–H groups in total. The van der Waals surface area contributed by atoms with Gasteiger partial charge >= 0.3 is 6.18 Å². The largest absolute Gasteiger partial charge is 0.416 e. The normalized spacial score (nSPS) is 15.2. The van der Waals surface area contributed by atoms with Crippen molar-refractivity contribution in [3.05, 3.63) is 59.7 Å². The van der Waals surface area contributed by atoms with E-state index >= 15 is 0 Å². The van der Waals surface area contributed by atoms with Gasteiger partial charge in [0, 0.05) is 43.1 Å². The summed E-state index contributed by atoms with van der Waals surface area (Å²) in [5.41, 5.74) is 1.07. The van der Waals surface area contributed by atoms with Crippen molar-refractivity contribution < 1.29 is 22.8 Å². The molecule has 1 amide bonds. The highest BCUT2D eigenvalue weighted by atomic mass is 19.4. The molecule has 2 aromatic carbocycles. The number of amides is 1. The van der Waals surface area contributed by atoms with E-state index in [2.05, 4.69) is 5.32 Å². The van der Waals surface area contributed by atoms with Gasteiger partial charge in [-0.05, 0) is 49.4 Å². The molecular weight excluding hydrogens is 383 g/mol. The van der Waals surface area contributed by atoms with Crippen LogP contribution in [0.2, 0.25) is 0 Å². The SMILES string of the molecule is CC(=O)c1ccc(NC(=O)CN2CCN(c3cccc(C(F)(F)F)c3)CC2)cc1. The second-order valence-electron chi connectivity index (χ2n) is 6.99. The van der Waals surface area contributed by atoms with E-state index in [0.29, 0.717) is 43.1 Å². The third-order valence-electron chi connectivity index (χ3n) is 4.85. The van der Waals surface area contributed by atoms with E-state index in [0.717, 1.165) is 12.1 Å². The number of carbonyl (C=O) groups is 2. The molecule has 0 atom stereocenters. The maximum atomic E-state index is 12.9. The number of rotatable bonds is 5. The highest BCUT2D eigenvalue weighted by Crippen LogP contribution is 2.31. The number of nitrogens with zero attached hydrogens (tertiary/aromatic N) is 2. The molecule has 0 aromatic heterocycles. The van der Waals surface area contributed by atoms with Crippen LogP contribution in [-0.2, 0) is 11.0 Å². The molecule has 29 heavy (non-hydrogen) atoms. The molecule has 3 rings (SSSR count). The minimum absolute atomic E-state index is 0.0403. The van der Waals surface area contributed by atoms with Crippen LogP contribution in [0.5, 0.6) is 0 Å². The minimum Gasteiger partial charge on any atom is -0.369 e. The molecule has 0 bridgehead atoms. The Hall–Kier alpha value is -2.87. The Morgan fingerprint density at radius 2 is 1.66 bits per heavy atom. The van der Waals surface area contributed by atoms with E-state index in [1.807, 2.05) is 9.80 Å². The van der Waals surface area contributed by atoms with Crippen LogP contribution in [-0.4, -0.2) is 49.3 Å². The van der Waals surface area contributed by atoms with Crippen LogP contribution in [0.4, 0.5) is 24.5 Å². The summed E-state index contributed by atoms with van der Waals surface area (Å²) in [5.74, 6) is -0.213. The average molecular weight is 405 g/mol. The zero-order valence-corrected chi connectivity index (χ0v) is 16.0. The first-order valence-corrected chi connectivity index (χ1v) is 9.28. The average Bonchev–Trinajstić information content (AvgIpc) is 2.68. The molecule has 0 aliphatic carbocycles. The van der Waals surface area contributed by atoms with Gasteiger partial charge in [-0.2, -0.15) is 13.2 Å². The number of ketones is 1. The lowest BCUT2D eigenvalue weighted by Crippen LogP contribution is -2.48. The van der Waals surface area contributed by atoms with Gasteiger partial charge in [-0.1, -0.05) is 6.07 Å². The van der Waals surface area contributed by atoms with Crippen molar-refractivity contribution in [2.24, 2.45) is 0 Å². The Balaban J connectivity index is 1.50. The Morgan fingerprint density at radius 3 is 2.24 bits per heavy atom. The first-order chi connectivity index (χ1) is 13.7. The zero-order chi connectivity index (χ0) is 21.0. The number of carbonyl (C=O) groups excluding carboxylic acids is 2. The smallest absolute Gasteiger partial charge is 0.369 e. The van der Waals surface area contributed by atoms with Crippen molar-refractivity contribution in [1.29, 1.82) is 0 Å². The molecule has 1 saturated heterocycles. The number of halogens is 3. The van der Waals surface area contributed by atoms with E-state index in [-0.39, 0.29) is 18.2 Å². The molecule has 8 heteroatoms. The maximum Gasteiger partial charge on any atom is 0.416 e. The molecule has 2 aromatic rings. The van der Waals surface area contributed by atoms with Gasteiger partial charge in [0.05, 0.1) is 12.1 Å². The monoisotopic (exact) mass is 405 g/mol. The van der Waals surface area contributed by atoms with Crippen LogP contribution in [0.25, 0.3) is 0 Å². The lowest BCUT2D eigenvalue weighted by atomic mass is 10.1. The molecule has 1 aliphatic heterocycles. The summed E-state index contributed by atoms with van der Waals surface area (Å²) in [5, 5.41) is 2.79. The van der Waals surface area contributed by atoms with Crippen molar-refractivity contribution in [2.75, 3.05) is 42.9 Å². The molecule has 1 aliphatic rings. The Bertz CT molecular complexity index is 873. The van der Waals surface area contributed by atoms with E-state index < -0.39 is 11.7 Å². The molecular formula is C21H22F3N3O2. The van der Waals surface area contributed by atoms with Gasteiger partial charge in [0.2, 0.25) is 5.91 Å². The van der Waals surface area contributed by atoms with E-state index in [1.165, 1.54) is 13.0 Å². The highest BCUT2D eigenvalue weighted by molar-refractivity contribution is 5.96. The first-order valence-electron chi connectivity index (χ1n) is 9.28. The molecule has 0 spiro atoms. The van der Waals surface area contributed by atoms with Gasteiger partial charge < -0.3 is 10.2 Å². The first kappa shape index (κ1) is 20.9. The Kier molecular flexibility index (Phi) is 6.22. The predicted molar refractivity (Wildman–Crippen MR) is 105 cm³/mol. The van der Waals surface area contributed by atoms with Crippen molar-refractivity contribution in [3.8, 4) is 0 Å². The Labute approximate surface area is 167 Å². The van der Waals surface area contributed by atoms with Crippen LogP contribution in [0.15, 0.2) is 48.5 Å². The van der Waals surface area contributed by atoms with Crippen LogP contribution in [0.3, 0.4) is 0 Å². The fourth-order valence-corrected chi connectivity index (χ4v) is 3.23. The summed E-state index contributed by atoms with van der Waals surface area (Å²) in [6, 6.07) is 12.0. The van der Waals surface area contributed by atoms with Gasteiger partial charge in [-0.25, -0.2) is 0 Å². The van der Waals surface area contributed by atoms with E-state index in [1.54, 1.807) is 30.3 Å². The number of benzene rings is 2. The van der Waals surface area contributed by atoms with Gasteiger partial charge in [0.25, 0.3) is 0 Å². The minimum atomic E-state index is -4.36. The molecule has 0 saturated carbocycles. The van der Waals surface area contributed by atoms with Gasteiger partial charge in [0.15, 0.2) is 5.78 Å². The lowest BCUT2D eigenvalue weighted by molar-refractivity contribution is -0.137. The van der Waals surface area contributed by atoms with Crippen LogP contribution < -0.4 is 10.2 Å². The number of hydrogen-bond donors (Lipinski definition) is 1. The quantitative estimate of drug-likeness (QED) is 0.772. The molecule has 154 valence electrons. The van der Waals surface area contributed by atoms with Gasteiger partial charge in [0.1, 0.15) is 0 Å². The van der Waals surface area contributed by atoms with Crippen LogP contribution in [0, 0.1) is 0 Å². The van der Waals surface area contributed by atoms with Crippen molar-refractivity contribution in [3.63, 3.8) is 0 Å². The number of anilines is 2. The third kappa shape index (κ3) is 5.57. The fraction of sp³-hybridized carbons (Fsp3) is 0.333. The maximum absolute atomic E-state index is 12.9. The summed E-state index contributed by atoms with van der Waals surface area (Å²) < 4.78 is 38.7. The Morgan fingerprint density at radius 1 is 1.00 bits per heavy atom. The van der Waals surface area contributed by atoms with E-state index in [9.17, 15) is 22.8 Å². The second-order valence-corrected chi connectivity index (χ2v) is 6.99. The van der Waals surface area contributed by atoms with Crippen LogP contribution >= 0.6 is 0 Å². The summed E-state index contributed by atoms with van der Waals surface area (Å²) in [6.07, 6.45) is -4.36. The number of piperazine rings is 1. The van der Waals surface area contributed by atoms with Crippen molar-refractivity contribution in [2.45, 2.75) is 13.1 Å². The standard InChI is InChI=1S/C21H22F3N3O2/c1-15(28)16-5-7-18(8-6-16)25-20(29)14-26-9-11-27(12-10-26)19-4-2-3-17(13-19)21(22,23)24/h2-8,13H,9-12,14H2,1H3,(H,25,29). The lowest BCUT2D eigenvalue weighted by Gasteiger charge is -2.36. The number of alkyl halides is 3. The summed E-state index contributed by atoms with van der Waals surface area (Å²) in [7, 11) is 0. The number of hydrogen-bond acceptors (Lipinski definition) is 4. The molecule has 1 heterocycles. The van der Waals surface area contributed by atoms with Gasteiger partial charge in [-0.15, -0.1) is 0 Å². The summed E-state index contributed by atoms with van der Waals surface area (Å²) in [6.45, 7) is 3.92. The molecule has 5 nitrogen and oxygen atoms in total. The van der Waals surface area contributed by atoms with Gasteiger partial charge in [-0.3, -0.25) is 14.5 Å². The predicted octanol–water partition coefficient (Wildman–Crippen LogP) is 3.67. The number of Topliss-reactive ketones (excluding diaryl/α,β-unsaturated/α-hetero) is 1. The van der Waals surface area contributed by atoms with Crippen molar-refractivity contribution >= 4 is 23.1 Å². The number of nitrogens with one attached hydrogen (secondary N) is 1. The molecule has 0 radical (unpaired) electrons. The highest BCUT2D eigenvalue weighted by Gasteiger charge is 2.31. The third-order valence-corrected chi connectivity index (χ3v) is 4.85. The fourth-order valence-electron chi connectivity index (χ4n) is 3.23. The molecule has 1 fully saturated rings. The topological polar surface area (TPSA) is 52.7 Å². The zero-order valence-electron chi connectivity index (χ0n) is 16.0.